The summed E-state index contributed by atoms with van der Waals surface area (Å²) >= 11 is 0. The quantitative estimate of drug-likeness (QED) is 0.559. The van der Waals surface area contributed by atoms with Crippen molar-refractivity contribution in [1.29, 1.82) is 0 Å². The molecule has 0 aliphatic rings. The minimum absolute atomic E-state index is 0.241. The Morgan fingerprint density at radius 3 is 3.00 bits per heavy atom. The maximum absolute atomic E-state index is 9.06. The maximum Gasteiger partial charge on any atom is 0.147 e. The second kappa shape index (κ2) is 4.08. The topological polar surface area (TPSA) is 70.3 Å². The molecule has 0 saturated heterocycles. The van der Waals surface area contributed by atoms with E-state index < -0.39 is 6.10 Å². The predicted molar refractivity (Wildman–Crippen MR) is 44.9 cm³/mol. The Balaban J connectivity index is 2.52. The standard InChI is InChI=1S/C7H13N3O2/c1-8-7-2-3-10(9-7)4-6(12)5-11/h2-3,6,11-12H,4-5H2,1H3,(H,8,9)/t6-/m1/s1. The van der Waals surface area contributed by atoms with Crippen LogP contribution in [0.2, 0.25) is 0 Å². The summed E-state index contributed by atoms with van der Waals surface area (Å²) in [5.41, 5.74) is 0. The minimum Gasteiger partial charge on any atom is -0.394 e. The molecule has 0 aromatic carbocycles. The highest BCUT2D eigenvalue weighted by atomic mass is 16.3. The number of anilines is 1. The first-order chi connectivity index (χ1) is 5.76. The van der Waals surface area contributed by atoms with Crippen LogP contribution in [0.4, 0.5) is 5.82 Å². The number of rotatable bonds is 4. The summed E-state index contributed by atoms with van der Waals surface area (Å²) < 4.78 is 1.58. The molecule has 0 spiro atoms. The molecule has 0 unspecified atom stereocenters. The molecule has 0 radical (unpaired) electrons. The minimum atomic E-state index is -0.741. The molecule has 0 saturated carbocycles. The fourth-order valence-corrected chi connectivity index (χ4v) is 0.870. The van der Waals surface area contributed by atoms with E-state index in [4.69, 9.17) is 10.2 Å². The van der Waals surface area contributed by atoms with Gasteiger partial charge >= 0.3 is 0 Å². The Kier molecular flexibility index (Phi) is 3.07. The largest absolute Gasteiger partial charge is 0.394 e. The van der Waals surface area contributed by atoms with Gasteiger partial charge in [-0.05, 0) is 0 Å². The first-order valence-electron chi connectivity index (χ1n) is 3.76. The molecular formula is C7H13N3O2. The summed E-state index contributed by atoms with van der Waals surface area (Å²) in [4.78, 5) is 0. The molecule has 5 heteroatoms. The van der Waals surface area contributed by atoms with Gasteiger partial charge in [-0.2, -0.15) is 5.10 Å². The van der Waals surface area contributed by atoms with Gasteiger partial charge in [-0.15, -0.1) is 0 Å². The second-order valence-electron chi connectivity index (χ2n) is 2.51. The lowest BCUT2D eigenvalue weighted by atomic mass is 10.4. The van der Waals surface area contributed by atoms with E-state index in [9.17, 15) is 0 Å². The van der Waals surface area contributed by atoms with Crippen molar-refractivity contribution in [2.75, 3.05) is 19.0 Å². The van der Waals surface area contributed by atoms with Crippen molar-refractivity contribution < 1.29 is 10.2 Å². The highest BCUT2D eigenvalue weighted by Crippen LogP contribution is 2.00. The smallest absolute Gasteiger partial charge is 0.147 e. The number of aliphatic hydroxyl groups is 2. The molecule has 1 aromatic rings. The van der Waals surface area contributed by atoms with Gasteiger partial charge in [0.15, 0.2) is 0 Å². The van der Waals surface area contributed by atoms with E-state index in [0.717, 1.165) is 5.82 Å². The zero-order chi connectivity index (χ0) is 8.97. The molecule has 0 aliphatic carbocycles. The lowest BCUT2D eigenvalue weighted by Crippen LogP contribution is -2.20. The molecule has 12 heavy (non-hydrogen) atoms. The van der Waals surface area contributed by atoms with E-state index in [0.29, 0.717) is 6.54 Å². The molecular weight excluding hydrogens is 158 g/mol. The number of nitrogens with one attached hydrogen (secondary N) is 1. The Bertz CT molecular complexity index is 236. The van der Waals surface area contributed by atoms with Crippen molar-refractivity contribution in [3.05, 3.63) is 12.3 Å². The fourth-order valence-electron chi connectivity index (χ4n) is 0.870. The number of hydrogen-bond donors (Lipinski definition) is 3. The molecule has 0 fully saturated rings. The van der Waals surface area contributed by atoms with Gasteiger partial charge in [0.05, 0.1) is 19.3 Å². The monoisotopic (exact) mass is 171 g/mol. The summed E-state index contributed by atoms with van der Waals surface area (Å²) in [6.45, 7) is 0.0763. The van der Waals surface area contributed by atoms with Gasteiger partial charge in [0.25, 0.3) is 0 Å². The summed E-state index contributed by atoms with van der Waals surface area (Å²) in [6, 6.07) is 1.80. The van der Waals surface area contributed by atoms with Crippen molar-refractivity contribution >= 4 is 5.82 Å². The van der Waals surface area contributed by atoms with Crippen LogP contribution < -0.4 is 5.32 Å². The Hall–Kier alpha value is -1.07. The van der Waals surface area contributed by atoms with Gasteiger partial charge in [0.2, 0.25) is 0 Å². The lowest BCUT2D eigenvalue weighted by Gasteiger charge is -2.05. The average molecular weight is 171 g/mol. The van der Waals surface area contributed by atoms with Crippen LogP contribution in [0, 0.1) is 0 Å². The zero-order valence-corrected chi connectivity index (χ0v) is 6.94. The van der Waals surface area contributed by atoms with E-state index in [2.05, 4.69) is 10.4 Å². The lowest BCUT2D eigenvalue weighted by molar-refractivity contribution is 0.0783. The van der Waals surface area contributed by atoms with Gasteiger partial charge in [-0.25, -0.2) is 0 Å². The molecule has 0 bridgehead atoms. The fraction of sp³-hybridized carbons (Fsp3) is 0.571. The highest BCUT2D eigenvalue weighted by molar-refractivity contribution is 5.30. The molecule has 0 aliphatic heterocycles. The summed E-state index contributed by atoms with van der Waals surface area (Å²) in [5, 5.41) is 24.5. The number of hydrogen-bond acceptors (Lipinski definition) is 4. The van der Waals surface area contributed by atoms with Crippen LogP contribution in [-0.4, -0.2) is 39.8 Å². The summed E-state index contributed by atoms with van der Waals surface area (Å²) in [6.07, 6.45) is 1.000. The summed E-state index contributed by atoms with van der Waals surface area (Å²) in [7, 11) is 1.77. The van der Waals surface area contributed by atoms with Crippen molar-refractivity contribution in [2.24, 2.45) is 0 Å². The van der Waals surface area contributed by atoms with Gasteiger partial charge in [0.1, 0.15) is 5.82 Å². The molecule has 3 N–H and O–H groups in total. The maximum atomic E-state index is 9.06. The number of aromatic nitrogens is 2. The SMILES string of the molecule is CNc1ccn(C[C@@H](O)CO)n1. The van der Waals surface area contributed by atoms with Crippen LogP contribution >= 0.6 is 0 Å². The number of nitrogens with zero attached hydrogens (tertiary/aromatic N) is 2. The van der Waals surface area contributed by atoms with E-state index in [1.807, 2.05) is 0 Å². The zero-order valence-electron chi connectivity index (χ0n) is 6.94. The van der Waals surface area contributed by atoms with Gasteiger partial charge in [-0.3, -0.25) is 4.68 Å². The molecule has 5 nitrogen and oxygen atoms in total. The Labute approximate surface area is 70.6 Å². The van der Waals surface area contributed by atoms with E-state index in [1.54, 1.807) is 24.0 Å². The first kappa shape index (κ1) is 9.02. The van der Waals surface area contributed by atoms with Gasteiger partial charge < -0.3 is 15.5 Å². The number of aliphatic hydroxyl groups excluding tert-OH is 2. The highest BCUT2D eigenvalue weighted by Gasteiger charge is 2.03. The molecule has 1 rings (SSSR count). The molecule has 68 valence electrons. The van der Waals surface area contributed by atoms with E-state index in [-0.39, 0.29) is 6.61 Å². The third-order valence-corrected chi connectivity index (χ3v) is 1.51. The Morgan fingerprint density at radius 1 is 1.75 bits per heavy atom. The van der Waals surface area contributed by atoms with Crippen molar-refractivity contribution in [1.82, 2.24) is 9.78 Å². The molecule has 1 aromatic heterocycles. The molecule has 0 amide bonds. The molecule has 1 heterocycles. The van der Waals surface area contributed by atoms with Gasteiger partial charge in [0, 0.05) is 19.3 Å². The van der Waals surface area contributed by atoms with Crippen LogP contribution in [0.1, 0.15) is 0 Å². The van der Waals surface area contributed by atoms with Crippen molar-refractivity contribution in [3.63, 3.8) is 0 Å². The predicted octanol–water partition coefficient (Wildman–Crippen LogP) is -0.722. The van der Waals surface area contributed by atoms with Crippen molar-refractivity contribution in [2.45, 2.75) is 12.6 Å². The second-order valence-corrected chi connectivity index (χ2v) is 2.51. The van der Waals surface area contributed by atoms with Crippen LogP contribution in [0.3, 0.4) is 0 Å². The van der Waals surface area contributed by atoms with Gasteiger partial charge in [-0.1, -0.05) is 0 Å². The first-order valence-corrected chi connectivity index (χ1v) is 3.76. The van der Waals surface area contributed by atoms with E-state index >= 15 is 0 Å². The Morgan fingerprint density at radius 2 is 2.50 bits per heavy atom. The third kappa shape index (κ3) is 2.21. The normalized spacial score (nSPS) is 12.9. The third-order valence-electron chi connectivity index (χ3n) is 1.51. The van der Waals surface area contributed by atoms with E-state index in [1.165, 1.54) is 0 Å². The molecule has 1 atom stereocenters. The van der Waals surface area contributed by atoms with Crippen molar-refractivity contribution in [3.8, 4) is 0 Å². The average Bonchev–Trinajstić information content (AvgIpc) is 2.52. The van der Waals surface area contributed by atoms with Crippen LogP contribution in [0.25, 0.3) is 0 Å². The van der Waals surface area contributed by atoms with Crippen LogP contribution in [0.5, 0.6) is 0 Å². The summed E-state index contributed by atoms with van der Waals surface area (Å²) in [5.74, 6) is 0.750. The van der Waals surface area contributed by atoms with Crippen LogP contribution in [0.15, 0.2) is 12.3 Å². The van der Waals surface area contributed by atoms with Crippen LogP contribution in [-0.2, 0) is 6.54 Å².